The molecule has 0 spiro atoms. The van der Waals surface area contributed by atoms with Crippen LogP contribution in [0.5, 0.6) is 0 Å². The summed E-state index contributed by atoms with van der Waals surface area (Å²) >= 11 is 1.75. The van der Waals surface area contributed by atoms with Gasteiger partial charge in [0.2, 0.25) is 0 Å². The van der Waals surface area contributed by atoms with Crippen LogP contribution in [-0.2, 0) is 11.2 Å². The third-order valence-corrected chi connectivity index (χ3v) is 5.67. The lowest BCUT2D eigenvalue weighted by atomic mass is 9.98. The van der Waals surface area contributed by atoms with Gasteiger partial charge in [-0.15, -0.1) is 11.3 Å². The highest BCUT2D eigenvalue weighted by molar-refractivity contribution is 7.09. The van der Waals surface area contributed by atoms with Gasteiger partial charge >= 0.3 is 0 Å². The first-order valence-corrected chi connectivity index (χ1v) is 10.6. The third-order valence-electron chi connectivity index (χ3n) is 4.48. The summed E-state index contributed by atoms with van der Waals surface area (Å²) in [6.45, 7) is 6.95. The van der Waals surface area contributed by atoms with E-state index >= 15 is 0 Å². The van der Waals surface area contributed by atoms with E-state index in [1.807, 2.05) is 7.05 Å². The van der Waals surface area contributed by atoms with Crippen LogP contribution in [0.15, 0.2) is 10.4 Å². The molecule has 0 aliphatic heterocycles. The number of thiazole rings is 1. The number of nitrogens with one attached hydrogen (secondary N) is 2. The SMILES string of the molecule is CN=C(NCCCOC1CCCCC1)NCCc1csc(C(C)C)n1. The summed E-state index contributed by atoms with van der Waals surface area (Å²) in [5, 5.41) is 10.1. The van der Waals surface area contributed by atoms with E-state index in [0.717, 1.165) is 44.2 Å². The fraction of sp³-hybridized carbons (Fsp3) is 0.789. The summed E-state index contributed by atoms with van der Waals surface area (Å²) in [4.78, 5) is 8.94. The Bertz CT molecular complexity index is 509. The summed E-state index contributed by atoms with van der Waals surface area (Å²) in [7, 11) is 1.81. The van der Waals surface area contributed by atoms with Crippen LogP contribution in [-0.4, -0.2) is 43.8 Å². The van der Waals surface area contributed by atoms with Gasteiger partial charge in [0.25, 0.3) is 0 Å². The number of aromatic nitrogens is 1. The maximum Gasteiger partial charge on any atom is 0.190 e. The molecule has 2 N–H and O–H groups in total. The van der Waals surface area contributed by atoms with Crippen LogP contribution in [0.2, 0.25) is 0 Å². The van der Waals surface area contributed by atoms with Crippen LogP contribution in [0.25, 0.3) is 0 Å². The predicted molar refractivity (Wildman–Crippen MR) is 107 cm³/mol. The van der Waals surface area contributed by atoms with Crippen LogP contribution >= 0.6 is 11.3 Å². The Kier molecular flexibility index (Phi) is 9.26. The topological polar surface area (TPSA) is 58.5 Å². The minimum atomic E-state index is 0.500. The lowest BCUT2D eigenvalue weighted by Crippen LogP contribution is -2.39. The molecule has 0 unspecified atom stereocenters. The number of rotatable bonds is 9. The molecule has 1 saturated carbocycles. The number of hydrogen-bond donors (Lipinski definition) is 2. The molecule has 1 aliphatic rings. The number of aliphatic imine (C=N–C) groups is 1. The molecule has 1 aliphatic carbocycles. The number of ether oxygens (including phenoxy) is 1. The molecular formula is C19H34N4OS. The van der Waals surface area contributed by atoms with Crippen molar-refractivity contribution in [2.45, 2.75) is 70.8 Å². The fourth-order valence-electron chi connectivity index (χ4n) is 2.99. The van der Waals surface area contributed by atoms with E-state index in [4.69, 9.17) is 4.74 Å². The van der Waals surface area contributed by atoms with Crippen molar-refractivity contribution in [3.63, 3.8) is 0 Å². The summed E-state index contributed by atoms with van der Waals surface area (Å²) in [6.07, 6.45) is 8.96. The molecule has 6 heteroatoms. The maximum absolute atomic E-state index is 5.95. The molecule has 0 saturated heterocycles. The molecule has 25 heavy (non-hydrogen) atoms. The van der Waals surface area contributed by atoms with Crippen molar-refractivity contribution in [1.29, 1.82) is 0 Å². The molecule has 142 valence electrons. The van der Waals surface area contributed by atoms with Crippen molar-refractivity contribution in [2.75, 3.05) is 26.7 Å². The largest absolute Gasteiger partial charge is 0.378 e. The molecule has 0 aromatic carbocycles. The average Bonchev–Trinajstić information content (AvgIpc) is 3.10. The molecule has 1 aromatic rings. The average molecular weight is 367 g/mol. The summed E-state index contributed by atoms with van der Waals surface area (Å²) in [6, 6.07) is 0. The van der Waals surface area contributed by atoms with Crippen molar-refractivity contribution in [1.82, 2.24) is 15.6 Å². The first kappa shape index (κ1) is 20.2. The van der Waals surface area contributed by atoms with Gasteiger partial charge in [0, 0.05) is 44.5 Å². The Morgan fingerprint density at radius 1 is 1.28 bits per heavy atom. The lowest BCUT2D eigenvalue weighted by Gasteiger charge is -2.22. The number of hydrogen-bond acceptors (Lipinski definition) is 4. The summed E-state index contributed by atoms with van der Waals surface area (Å²) in [5.74, 6) is 1.37. The second kappa shape index (κ2) is 11.5. The second-order valence-corrected chi connectivity index (χ2v) is 7.88. The Hall–Kier alpha value is -1.14. The third kappa shape index (κ3) is 7.74. The van der Waals surface area contributed by atoms with E-state index in [1.54, 1.807) is 11.3 Å². The van der Waals surface area contributed by atoms with Crippen molar-refractivity contribution in [3.05, 3.63) is 16.1 Å². The van der Waals surface area contributed by atoms with Gasteiger partial charge in [-0.3, -0.25) is 4.99 Å². The zero-order valence-corrected chi connectivity index (χ0v) is 16.8. The second-order valence-electron chi connectivity index (χ2n) is 6.99. The lowest BCUT2D eigenvalue weighted by molar-refractivity contribution is 0.0277. The normalized spacial score (nSPS) is 16.4. The molecule has 1 aromatic heterocycles. The van der Waals surface area contributed by atoms with E-state index in [9.17, 15) is 0 Å². The highest BCUT2D eigenvalue weighted by atomic mass is 32.1. The van der Waals surface area contributed by atoms with E-state index in [-0.39, 0.29) is 0 Å². The Morgan fingerprint density at radius 2 is 2.04 bits per heavy atom. The Labute approximate surface area is 156 Å². The standard InChI is InChI=1S/C19H34N4OS/c1-15(2)18-23-16(14-25-18)10-12-22-19(20-3)21-11-7-13-24-17-8-5-4-6-9-17/h14-15,17H,4-13H2,1-3H3,(H2,20,21,22). The van der Waals surface area contributed by atoms with E-state index in [0.29, 0.717) is 12.0 Å². The highest BCUT2D eigenvalue weighted by Gasteiger charge is 2.13. The van der Waals surface area contributed by atoms with Gasteiger partial charge in [-0.25, -0.2) is 4.98 Å². The van der Waals surface area contributed by atoms with Crippen LogP contribution in [0, 0.1) is 0 Å². The Balaban J connectivity index is 1.54. The molecule has 0 amide bonds. The van der Waals surface area contributed by atoms with E-state index in [1.165, 1.54) is 37.1 Å². The zero-order chi connectivity index (χ0) is 17.9. The van der Waals surface area contributed by atoms with Crippen molar-refractivity contribution < 1.29 is 4.74 Å². The number of guanidine groups is 1. The van der Waals surface area contributed by atoms with Gasteiger partial charge in [0.1, 0.15) is 0 Å². The van der Waals surface area contributed by atoms with Crippen molar-refractivity contribution in [2.24, 2.45) is 4.99 Å². The monoisotopic (exact) mass is 366 g/mol. The van der Waals surface area contributed by atoms with Crippen molar-refractivity contribution in [3.8, 4) is 0 Å². The Morgan fingerprint density at radius 3 is 2.72 bits per heavy atom. The molecular weight excluding hydrogens is 332 g/mol. The first-order valence-electron chi connectivity index (χ1n) is 9.69. The molecule has 0 atom stereocenters. The highest BCUT2D eigenvalue weighted by Crippen LogP contribution is 2.20. The molecule has 0 bridgehead atoms. The van der Waals surface area contributed by atoms with Gasteiger partial charge in [-0.1, -0.05) is 33.1 Å². The molecule has 1 fully saturated rings. The van der Waals surface area contributed by atoms with Crippen LogP contribution in [0.1, 0.15) is 69.0 Å². The van der Waals surface area contributed by atoms with E-state index in [2.05, 4.69) is 39.8 Å². The van der Waals surface area contributed by atoms with Gasteiger partial charge in [0.05, 0.1) is 16.8 Å². The minimum Gasteiger partial charge on any atom is -0.378 e. The van der Waals surface area contributed by atoms with Crippen LogP contribution in [0.3, 0.4) is 0 Å². The summed E-state index contributed by atoms with van der Waals surface area (Å²) < 4.78 is 5.95. The van der Waals surface area contributed by atoms with E-state index < -0.39 is 0 Å². The zero-order valence-electron chi connectivity index (χ0n) is 16.0. The molecule has 1 heterocycles. The van der Waals surface area contributed by atoms with Crippen molar-refractivity contribution >= 4 is 17.3 Å². The predicted octanol–water partition coefficient (Wildman–Crippen LogP) is 3.71. The van der Waals surface area contributed by atoms with Gasteiger partial charge in [-0.05, 0) is 19.3 Å². The molecule has 0 radical (unpaired) electrons. The smallest absolute Gasteiger partial charge is 0.190 e. The minimum absolute atomic E-state index is 0.500. The molecule has 2 rings (SSSR count). The first-order chi connectivity index (χ1) is 12.2. The fourth-order valence-corrected chi connectivity index (χ4v) is 3.86. The van der Waals surface area contributed by atoms with Gasteiger partial charge < -0.3 is 15.4 Å². The van der Waals surface area contributed by atoms with Gasteiger partial charge in [-0.2, -0.15) is 0 Å². The quantitative estimate of drug-likeness (QED) is 0.397. The van der Waals surface area contributed by atoms with Crippen LogP contribution in [0.4, 0.5) is 0 Å². The maximum atomic E-state index is 5.95. The number of nitrogens with zero attached hydrogens (tertiary/aromatic N) is 2. The summed E-state index contributed by atoms with van der Waals surface area (Å²) in [5.41, 5.74) is 1.16. The molecule has 5 nitrogen and oxygen atoms in total. The van der Waals surface area contributed by atoms with Gasteiger partial charge in [0.15, 0.2) is 5.96 Å². The van der Waals surface area contributed by atoms with Crippen LogP contribution < -0.4 is 10.6 Å².